The molecular formula is C19H28IN3O5. The van der Waals surface area contributed by atoms with Gasteiger partial charge in [0.1, 0.15) is 11.3 Å². The van der Waals surface area contributed by atoms with Crippen molar-refractivity contribution in [2.75, 3.05) is 41.5 Å². The van der Waals surface area contributed by atoms with E-state index in [1.54, 1.807) is 19.2 Å². The molecule has 0 aromatic heterocycles. The molecule has 0 radical (unpaired) electrons. The maximum Gasteiger partial charge on any atom is 0.341 e. The average Bonchev–Trinajstić information content (AvgIpc) is 3.08. The number of methoxy groups -OCH3 is 3. The fourth-order valence-corrected chi connectivity index (χ4v) is 3.24. The predicted molar refractivity (Wildman–Crippen MR) is 116 cm³/mol. The summed E-state index contributed by atoms with van der Waals surface area (Å²) in [5, 5.41) is 3.29. The van der Waals surface area contributed by atoms with E-state index in [1.165, 1.54) is 21.3 Å². The van der Waals surface area contributed by atoms with Crippen LogP contribution < -0.4 is 10.1 Å². The zero-order chi connectivity index (χ0) is 20.0. The van der Waals surface area contributed by atoms with Crippen molar-refractivity contribution in [1.82, 2.24) is 10.2 Å². The molecule has 1 fully saturated rings. The normalized spacial score (nSPS) is 18.9. The lowest BCUT2D eigenvalue weighted by molar-refractivity contribution is -0.145. The van der Waals surface area contributed by atoms with Gasteiger partial charge in [-0.25, -0.2) is 4.79 Å². The number of carbonyl (C=O) groups is 2. The Balaban J connectivity index is 0.00000392. The number of halogens is 1. The lowest BCUT2D eigenvalue weighted by Crippen LogP contribution is -2.40. The highest BCUT2D eigenvalue weighted by Crippen LogP contribution is 2.24. The summed E-state index contributed by atoms with van der Waals surface area (Å²) < 4.78 is 14.9. The summed E-state index contributed by atoms with van der Waals surface area (Å²) in [6.45, 7) is 3.83. The first kappa shape index (κ1) is 24.0. The first-order chi connectivity index (χ1) is 12.9. The fraction of sp³-hybridized carbons (Fsp3) is 0.526. The van der Waals surface area contributed by atoms with E-state index in [0.717, 1.165) is 12.1 Å². The maximum absolute atomic E-state index is 11.9. The third kappa shape index (κ3) is 5.49. The second kappa shape index (κ2) is 11.1. The van der Waals surface area contributed by atoms with E-state index >= 15 is 0 Å². The van der Waals surface area contributed by atoms with Crippen molar-refractivity contribution in [1.29, 1.82) is 0 Å². The van der Waals surface area contributed by atoms with Crippen molar-refractivity contribution < 1.29 is 23.8 Å². The number of hydrogen-bond donors (Lipinski definition) is 1. The molecule has 1 N–H and O–H groups in total. The number of nitrogens with zero attached hydrogens (tertiary/aromatic N) is 2. The zero-order valence-corrected chi connectivity index (χ0v) is 19.2. The highest BCUT2D eigenvalue weighted by atomic mass is 127. The molecule has 2 atom stereocenters. The van der Waals surface area contributed by atoms with Crippen LogP contribution in [0, 0.1) is 11.8 Å². The number of rotatable bonds is 5. The van der Waals surface area contributed by atoms with Gasteiger partial charge in [0.2, 0.25) is 0 Å². The van der Waals surface area contributed by atoms with Gasteiger partial charge in [-0.3, -0.25) is 9.79 Å². The van der Waals surface area contributed by atoms with Gasteiger partial charge in [0.15, 0.2) is 5.96 Å². The summed E-state index contributed by atoms with van der Waals surface area (Å²) in [6.07, 6.45) is 0. The van der Waals surface area contributed by atoms with E-state index in [4.69, 9.17) is 14.2 Å². The van der Waals surface area contributed by atoms with Crippen molar-refractivity contribution in [3.05, 3.63) is 29.3 Å². The molecule has 1 aliphatic heterocycles. The molecule has 0 aliphatic carbocycles. The van der Waals surface area contributed by atoms with E-state index in [1.807, 2.05) is 17.9 Å². The Kier molecular flexibility index (Phi) is 9.50. The molecule has 1 heterocycles. The minimum atomic E-state index is -0.443. The van der Waals surface area contributed by atoms with E-state index in [2.05, 4.69) is 10.3 Å². The molecule has 2 unspecified atom stereocenters. The van der Waals surface area contributed by atoms with Gasteiger partial charge in [0.05, 0.1) is 27.2 Å². The van der Waals surface area contributed by atoms with Crippen LogP contribution in [0.2, 0.25) is 0 Å². The second-order valence-electron chi connectivity index (χ2n) is 6.44. The monoisotopic (exact) mass is 505 g/mol. The topological polar surface area (TPSA) is 89.5 Å². The SMILES string of the molecule is CN=C(NCc1ccc(C(=O)OC)c(OC)c1)N1CC(C)C(C(=O)OC)C1.I. The molecule has 8 nitrogen and oxygen atoms in total. The Morgan fingerprint density at radius 2 is 1.93 bits per heavy atom. The highest BCUT2D eigenvalue weighted by Gasteiger charge is 2.36. The van der Waals surface area contributed by atoms with E-state index in [0.29, 0.717) is 30.4 Å². The van der Waals surface area contributed by atoms with Gasteiger partial charge in [0, 0.05) is 26.7 Å². The molecule has 0 spiro atoms. The first-order valence-electron chi connectivity index (χ1n) is 8.73. The molecule has 0 saturated carbocycles. The van der Waals surface area contributed by atoms with E-state index < -0.39 is 5.97 Å². The Labute approximate surface area is 182 Å². The Morgan fingerprint density at radius 3 is 2.50 bits per heavy atom. The number of ether oxygens (including phenoxy) is 3. The van der Waals surface area contributed by atoms with Crippen molar-refractivity contribution in [2.24, 2.45) is 16.8 Å². The average molecular weight is 505 g/mol. The van der Waals surface area contributed by atoms with Crippen molar-refractivity contribution in [2.45, 2.75) is 13.5 Å². The number of aliphatic imine (C=N–C) groups is 1. The van der Waals surface area contributed by atoms with Crippen LogP contribution >= 0.6 is 24.0 Å². The van der Waals surface area contributed by atoms with Crippen LogP contribution in [0.15, 0.2) is 23.2 Å². The number of nitrogens with one attached hydrogen (secondary N) is 1. The molecule has 1 aliphatic rings. The summed E-state index contributed by atoms with van der Waals surface area (Å²) in [6, 6.07) is 5.30. The summed E-state index contributed by atoms with van der Waals surface area (Å²) in [5.74, 6) is 0.565. The maximum atomic E-state index is 11.9. The van der Waals surface area contributed by atoms with Gasteiger partial charge >= 0.3 is 11.9 Å². The number of hydrogen-bond acceptors (Lipinski definition) is 6. The number of guanidine groups is 1. The molecule has 0 bridgehead atoms. The van der Waals surface area contributed by atoms with Crippen LogP contribution in [-0.4, -0.2) is 64.3 Å². The van der Waals surface area contributed by atoms with Gasteiger partial charge in [-0.15, -0.1) is 24.0 Å². The fourth-order valence-electron chi connectivity index (χ4n) is 3.24. The molecule has 9 heteroatoms. The molecular weight excluding hydrogens is 477 g/mol. The zero-order valence-electron chi connectivity index (χ0n) is 16.9. The van der Waals surface area contributed by atoms with Crippen LogP contribution in [0.4, 0.5) is 0 Å². The molecule has 2 rings (SSSR count). The summed E-state index contributed by atoms with van der Waals surface area (Å²) in [5.41, 5.74) is 1.31. The van der Waals surface area contributed by atoms with Crippen LogP contribution in [0.5, 0.6) is 5.75 Å². The molecule has 28 heavy (non-hydrogen) atoms. The van der Waals surface area contributed by atoms with Gasteiger partial charge in [-0.1, -0.05) is 13.0 Å². The van der Waals surface area contributed by atoms with E-state index in [9.17, 15) is 9.59 Å². The van der Waals surface area contributed by atoms with Gasteiger partial charge in [-0.2, -0.15) is 0 Å². The largest absolute Gasteiger partial charge is 0.496 e. The summed E-state index contributed by atoms with van der Waals surface area (Å²) >= 11 is 0. The van der Waals surface area contributed by atoms with Crippen LogP contribution in [0.25, 0.3) is 0 Å². The number of carbonyl (C=O) groups excluding carboxylic acids is 2. The summed E-state index contributed by atoms with van der Waals surface area (Å²) in [7, 11) is 5.96. The second-order valence-corrected chi connectivity index (χ2v) is 6.44. The lowest BCUT2D eigenvalue weighted by atomic mass is 9.99. The highest BCUT2D eigenvalue weighted by molar-refractivity contribution is 14.0. The standard InChI is InChI=1S/C19H27N3O5.HI/c1-12-10-22(11-15(12)18(24)27-5)19(20-2)21-9-13-6-7-14(17(23)26-4)16(8-13)25-3;/h6-8,12,15H,9-11H2,1-5H3,(H,20,21);1H. The quantitative estimate of drug-likeness (QED) is 0.283. The summed E-state index contributed by atoms with van der Waals surface area (Å²) in [4.78, 5) is 30.0. The third-order valence-electron chi connectivity index (χ3n) is 4.75. The Morgan fingerprint density at radius 1 is 1.21 bits per heavy atom. The molecule has 1 saturated heterocycles. The van der Waals surface area contributed by atoms with Crippen LogP contribution in [-0.2, 0) is 20.8 Å². The van der Waals surface area contributed by atoms with Crippen molar-refractivity contribution >= 4 is 41.9 Å². The first-order valence-corrected chi connectivity index (χ1v) is 8.73. The Bertz CT molecular complexity index is 726. The number of likely N-dealkylation sites (tertiary alicyclic amines) is 1. The van der Waals surface area contributed by atoms with Crippen LogP contribution in [0.3, 0.4) is 0 Å². The molecule has 156 valence electrons. The number of esters is 2. The van der Waals surface area contributed by atoms with Crippen molar-refractivity contribution in [3.63, 3.8) is 0 Å². The Hall–Kier alpha value is -2.04. The number of benzene rings is 1. The van der Waals surface area contributed by atoms with Crippen LogP contribution in [0.1, 0.15) is 22.8 Å². The van der Waals surface area contributed by atoms with E-state index in [-0.39, 0.29) is 41.8 Å². The minimum Gasteiger partial charge on any atom is -0.496 e. The smallest absolute Gasteiger partial charge is 0.341 e. The predicted octanol–water partition coefficient (Wildman–Crippen LogP) is 1.92. The lowest BCUT2D eigenvalue weighted by Gasteiger charge is -2.21. The van der Waals surface area contributed by atoms with Gasteiger partial charge in [-0.05, 0) is 23.6 Å². The third-order valence-corrected chi connectivity index (χ3v) is 4.75. The molecule has 1 aromatic carbocycles. The van der Waals surface area contributed by atoms with Gasteiger partial charge in [0.25, 0.3) is 0 Å². The molecule has 0 amide bonds. The van der Waals surface area contributed by atoms with Crippen molar-refractivity contribution in [3.8, 4) is 5.75 Å². The van der Waals surface area contributed by atoms with Gasteiger partial charge < -0.3 is 24.4 Å². The molecule has 1 aromatic rings. The minimum absolute atomic E-state index is 0.